The molecule has 0 aromatic carbocycles. The van der Waals surface area contributed by atoms with Crippen LogP contribution < -0.4 is 10.6 Å². The summed E-state index contributed by atoms with van der Waals surface area (Å²) in [5.41, 5.74) is 0.921. The summed E-state index contributed by atoms with van der Waals surface area (Å²) in [6.45, 7) is 13.0. The Labute approximate surface area is 143 Å². The van der Waals surface area contributed by atoms with Crippen molar-refractivity contribution in [2.24, 2.45) is 10.9 Å². The largest absolute Gasteiger partial charge is 0.444 e. The van der Waals surface area contributed by atoms with Crippen LogP contribution in [0.1, 0.15) is 43.9 Å². The highest BCUT2D eigenvalue weighted by Crippen LogP contribution is 2.08. The second-order valence-electron chi connectivity index (χ2n) is 6.19. The van der Waals surface area contributed by atoms with Gasteiger partial charge < -0.3 is 19.6 Å². The quantitative estimate of drug-likeness (QED) is 0.601. The maximum atomic E-state index is 5.58. The number of aromatic nitrogens is 3. The third-order valence-electron chi connectivity index (χ3n) is 3.57. The first-order valence-corrected chi connectivity index (χ1v) is 8.44. The van der Waals surface area contributed by atoms with Gasteiger partial charge in [-0.05, 0) is 26.7 Å². The van der Waals surface area contributed by atoms with Gasteiger partial charge in [-0.3, -0.25) is 0 Å². The molecule has 2 N–H and O–H groups in total. The van der Waals surface area contributed by atoms with Crippen LogP contribution in [0.5, 0.6) is 0 Å². The number of hydrogen-bond donors (Lipinski definition) is 2. The van der Waals surface area contributed by atoms with Crippen molar-refractivity contribution >= 4 is 5.96 Å². The third-order valence-corrected chi connectivity index (χ3v) is 3.57. The number of imidazole rings is 1. The minimum atomic E-state index is 0.501. The fraction of sp³-hybridized carbons (Fsp3) is 0.588. The van der Waals surface area contributed by atoms with Crippen molar-refractivity contribution in [3.8, 4) is 0 Å². The van der Waals surface area contributed by atoms with Crippen molar-refractivity contribution in [3.05, 3.63) is 35.6 Å². The van der Waals surface area contributed by atoms with Crippen LogP contribution in [0.3, 0.4) is 0 Å². The molecule has 0 aliphatic heterocycles. The molecule has 0 radical (unpaired) electrons. The average Bonchev–Trinajstić information content (AvgIpc) is 3.08. The maximum absolute atomic E-state index is 5.58. The van der Waals surface area contributed by atoms with Crippen molar-refractivity contribution in [2.75, 3.05) is 6.54 Å². The van der Waals surface area contributed by atoms with E-state index in [9.17, 15) is 0 Å². The molecule has 2 aromatic heterocycles. The van der Waals surface area contributed by atoms with E-state index in [1.165, 1.54) is 0 Å². The molecule has 24 heavy (non-hydrogen) atoms. The van der Waals surface area contributed by atoms with Crippen LogP contribution in [-0.4, -0.2) is 27.0 Å². The maximum Gasteiger partial charge on any atom is 0.214 e. The van der Waals surface area contributed by atoms with Gasteiger partial charge in [0.05, 0.1) is 12.2 Å². The molecule has 0 amide bonds. The van der Waals surface area contributed by atoms with Gasteiger partial charge in [-0.25, -0.2) is 15.0 Å². The molecule has 132 valence electrons. The molecule has 0 atom stereocenters. The molecule has 0 spiro atoms. The Kier molecular flexibility index (Phi) is 6.40. The van der Waals surface area contributed by atoms with E-state index < -0.39 is 0 Å². The van der Waals surface area contributed by atoms with Gasteiger partial charge in [0.15, 0.2) is 5.96 Å². The highest BCUT2D eigenvalue weighted by atomic mass is 16.4. The van der Waals surface area contributed by atoms with Crippen LogP contribution in [0.2, 0.25) is 0 Å². The molecule has 0 fully saturated rings. The number of nitrogens with one attached hydrogen (secondary N) is 2. The first-order valence-electron chi connectivity index (χ1n) is 8.44. The number of aliphatic imine (C=N–C) groups is 1. The van der Waals surface area contributed by atoms with Gasteiger partial charge in [-0.2, -0.15) is 0 Å². The Hall–Kier alpha value is -2.31. The lowest BCUT2D eigenvalue weighted by atomic mass is 10.2. The fourth-order valence-corrected chi connectivity index (χ4v) is 2.32. The van der Waals surface area contributed by atoms with Gasteiger partial charge in [0.25, 0.3) is 0 Å². The minimum Gasteiger partial charge on any atom is -0.444 e. The molecular formula is C17H28N6O. The van der Waals surface area contributed by atoms with Crippen LogP contribution in [-0.2, 0) is 19.6 Å². The van der Waals surface area contributed by atoms with Crippen molar-refractivity contribution < 1.29 is 4.42 Å². The second-order valence-corrected chi connectivity index (χ2v) is 6.19. The van der Waals surface area contributed by atoms with Gasteiger partial charge >= 0.3 is 0 Å². The molecule has 0 unspecified atom stereocenters. The van der Waals surface area contributed by atoms with E-state index >= 15 is 0 Å². The van der Waals surface area contributed by atoms with Crippen molar-refractivity contribution in [1.82, 2.24) is 25.2 Å². The fourth-order valence-electron chi connectivity index (χ4n) is 2.32. The number of nitrogens with zero attached hydrogens (tertiary/aromatic N) is 4. The van der Waals surface area contributed by atoms with Gasteiger partial charge in [-0.15, -0.1) is 0 Å². The highest BCUT2D eigenvalue weighted by molar-refractivity contribution is 5.79. The van der Waals surface area contributed by atoms with E-state index in [0.29, 0.717) is 24.9 Å². The summed E-state index contributed by atoms with van der Waals surface area (Å²) in [5.74, 6) is 3.78. The number of oxazole rings is 1. The summed E-state index contributed by atoms with van der Waals surface area (Å²) >= 11 is 0. The first-order chi connectivity index (χ1) is 11.5. The molecule has 0 aliphatic carbocycles. The second kappa shape index (κ2) is 8.52. The Morgan fingerprint density at radius 2 is 2.12 bits per heavy atom. The predicted molar refractivity (Wildman–Crippen MR) is 94.7 cm³/mol. The average molecular weight is 332 g/mol. The lowest BCUT2D eigenvalue weighted by molar-refractivity contribution is 0.463. The summed E-state index contributed by atoms with van der Waals surface area (Å²) < 4.78 is 7.73. The van der Waals surface area contributed by atoms with E-state index in [4.69, 9.17) is 4.42 Å². The Balaban J connectivity index is 1.98. The Morgan fingerprint density at radius 1 is 1.33 bits per heavy atom. The summed E-state index contributed by atoms with van der Waals surface area (Å²) in [7, 11) is 0. The molecule has 0 aliphatic rings. The van der Waals surface area contributed by atoms with Crippen LogP contribution in [0.4, 0.5) is 0 Å². The highest BCUT2D eigenvalue weighted by Gasteiger charge is 2.08. The standard InChI is InChI=1S/C17H28N6O/c1-6-18-17(21-10-16-22-13(4)14(5)24-16)20-9-15-19-7-8-23(15)11-12(2)3/h7-8,12H,6,9-11H2,1-5H3,(H2,18,20,21). The smallest absolute Gasteiger partial charge is 0.214 e. The van der Waals surface area contributed by atoms with Gasteiger partial charge in [0.2, 0.25) is 5.89 Å². The van der Waals surface area contributed by atoms with Crippen molar-refractivity contribution in [2.45, 2.75) is 54.3 Å². The normalized spacial score (nSPS) is 12.0. The Morgan fingerprint density at radius 3 is 2.75 bits per heavy atom. The minimum absolute atomic E-state index is 0.501. The van der Waals surface area contributed by atoms with Crippen molar-refractivity contribution in [3.63, 3.8) is 0 Å². The SMILES string of the molecule is CCNC(=NCc1nccn1CC(C)C)NCc1nc(C)c(C)o1. The van der Waals surface area contributed by atoms with Crippen LogP contribution in [0.25, 0.3) is 0 Å². The van der Waals surface area contributed by atoms with Crippen LogP contribution in [0, 0.1) is 19.8 Å². The number of guanidine groups is 1. The predicted octanol–water partition coefficient (Wildman–Crippen LogP) is 2.40. The van der Waals surface area contributed by atoms with E-state index in [0.717, 1.165) is 36.3 Å². The van der Waals surface area contributed by atoms with E-state index in [2.05, 4.69) is 44.0 Å². The molecular weight excluding hydrogens is 304 g/mol. The monoisotopic (exact) mass is 332 g/mol. The van der Waals surface area contributed by atoms with Crippen LogP contribution >= 0.6 is 0 Å². The van der Waals surface area contributed by atoms with Crippen molar-refractivity contribution in [1.29, 1.82) is 0 Å². The van der Waals surface area contributed by atoms with E-state index in [1.54, 1.807) is 0 Å². The van der Waals surface area contributed by atoms with Gasteiger partial charge in [0.1, 0.15) is 18.1 Å². The topological polar surface area (TPSA) is 80.3 Å². The number of aryl methyl sites for hydroxylation is 2. The zero-order valence-electron chi connectivity index (χ0n) is 15.3. The molecule has 0 bridgehead atoms. The number of hydrogen-bond acceptors (Lipinski definition) is 4. The molecule has 7 nitrogen and oxygen atoms in total. The molecule has 7 heteroatoms. The molecule has 0 saturated heterocycles. The van der Waals surface area contributed by atoms with Gasteiger partial charge in [-0.1, -0.05) is 13.8 Å². The third kappa shape index (κ3) is 5.11. The zero-order valence-corrected chi connectivity index (χ0v) is 15.3. The lowest BCUT2D eigenvalue weighted by Crippen LogP contribution is -2.37. The molecule has 2 rings (SSSR count). The summed E-state index contributed by atoms with van der Waals surface area (Å²) in [5, 5.41) is 6.48. The molecule has 2 heterocycles. The van der Waals surface area contributed by atoms with E-state index in [-0.39, 0.29) is 0 Å². The lowest BCUT2D eigenvalue weighted by Gasteiger charge is -2.11. The zero-order chi connectivity index (χ0) is 17.5. The first kappa shape index (κ1) is 18.0. The van der Waals surface area contributed by atoms with E-state index in [1.807, 2.05) is 33.2 Å². The Bertz CT molecular complexity index is 651. The summed E-state index contributed by atoms with van der Waals surface area (Å²) in [6.07, 6.45) is 3.83. The molecule has 2 aromatic rings. The molecule has 0 saturated carbocycles. The van der Waals surface area contributed by atoms with Gasteiger partial charge in [0, 0.05) is 25.5 Å². The summed E-state index contributed by atoms with van der Waals surface area (Å²) in [6, 6.07) is 0. The van der Waals surface area contributed by atoms with Crippen LogP contribution in [0.15, 0.2) is 21.8 Å². The summed E-state index contributed by atoms with van der Waals surface area (Å²) in [4.78, 5) is 13.4. The number of rotatable bonds is 7.